The molecular weight excluding hydrogens is 402 g/mol. The second-order valence-corrected chi connectivity index (χ2v) is 7.86. The summed E-state index contributed by atoms with van der Waals surface area (Å²) in [6, 6.07) is 12.7. The summed E-state index contributed by atoms with van der Waals surface area (Å²) < 4.78 is 0. The van der Waals surface area contributed by atoms with Crippen molar-refractivity contribution in [2.45, 2.75) is 12.8 Å². The summed E-state index contributed by atoms with van der Waals surface area (Å²) in [5.74, 6) is -0.116. The normalized spacial score (nSPS) is 16.4. The van der Waals surface area contributed by atoms with Crippen LogP contribution in [0.5, 0.6) is 0 Å². The van der Waals surface area contributed by atoms with Gasteiger partial charge in [-0.05, 0) is 54.0 Å². The van der Waals surface area contributed by atoms with Gasteiger partial charge in [-0.15, -0.1) is 0 Å². The van der Waals surface area contributed by atoms with Gasteiger partial charge in [0.25, 0.3) is 5.91 Å². The number of carbonyl (C=O) groups is 3. The minimum Gasteiger partial charge on any atom is -0.336 e. The first kappa shape index (κ1) is 20.2. The Bertz CT molecular complexity index is 1030. The first-order chi connectivity index (χ1) is 14.5. The van der Waals surface area contributed by atoms with Crippen molar-refractivity contribution in [1.82, 2.24) is 9.80 Å². The Balaban J connectivity index is 1.34. The number of amides is 3. The van der Waals surface area contributed by atoms with E-state index in [4.69, 9.17) is 11.6 Å². The number of hydrogen-bond acceptors (Lipinski definition) is 3. The fraction of sp³-hybridized carbons (Fsp3) is 0.261. The summed E-state index contributed by atoms with van der Waals surface area (Å²) >= 11 is 5.97. The van der Waals surface area contributed by atoms with Gasteiger partial charge in [0.1, 0.15) is 0 Å². The summed E-state index contributed by atoms with van der Waals surface area (Å²) in [7, 11) is 0. The molecule has 1 N–H and O–H groups in total. The molecule has 0 unspecified atom stereocenters. The van der Waals surface area contributed by atoms with Gasteiger partial charge in [0, 0.05) is 54.9 Å². The van der Waals surface area contributed by atoms with Gasteiger partial charge in [-0.3, -0.25) is 14.4 Å². The van der Waals surface area contributed by atoms with Gasteiger partial charge in [0.2, 0.25) is 11.8 Å². The predicted molar refractivity (Wildman–Crippen MR) is 116 cm³/mol. The minimum atomic E-state index is -0.0772. The maximum Gasteiger partial charge on any atom is 0.253 e. The fourth-order valence-corrected chi connectivity index (χ4v) is 3.91. The second-order valence-electron chi connectivity index (χ2n) is 7.43. The largest absolute Gasteiger partial charge is 0.336 e. The molecule has 2 aromatic carbocycles. The first-order valence-electron chi connectivity index (χ1n) is 9.94. The van der Waals surface area contributed by atoms with Crippen molar-refractivity contribution in [2.75, 3.05) is 31.5 Å². The van der Waals surface area contributed by atoms with Crippen molar-refractivity contribution in [3.63, 3.8) is 0 Å². The number of anilines is 1. The summed E-state index contributed by atoms with van der Waals surface area (Å²) in [4.78, 5) is 40.3. The molecule has 0 atom stereocenters. The second kappa shape index (κ2) is 8.71. The van der Waals surface area contributed by atoms with Crippen LogP contribution in [0.25, 0.3) is 6.08 Å². The molecule has 1 saturated heterocycles. The van der Waals surface area contributed by atoms with E-state index < -0.39 is 0 Å². The molecule has 0 aromatic heterocycles. The molecule has 2 aromatic rings. The molecule has 30 heavy (non-hydrogen) atoms. The van der Waals surface area contributed by atoms with E-state index in [1.54, 1.807) is 46.2 Å². The maximum atomic E-state index is 12.9. The van der Waals surface area contributed by atoms with Crippen LogP contribution in [0.1, 0.15) is 27.9 Å². The molecular formula is C23H22ClN3O3. The standard InChI is InChI=1S/C23H22ClN3O3/c24-19-3-1-2-16(14-19)4-9-22(29)26-10-12-27(13-11-26)23(30)18-5-7-20-17(15-18)6-8-21(28)25-20/h1-5,7,9,14-15H,6,8,10-13H2,(H,25,28)/b9-4+. The molecule has 0 aliphatic carbocycles. The number of nitrogens with one attached hydrogen (secondary N) is 1. The Kier molecular flexibility index (Phi) is 5.86. The van der Waals surface area contributed by atoms with Crippen LogP contribution in [0.15, 0.2) is 48.5 Å². The molecule has 154 valence electrons. The van der Waals surface area contributed by atoms with Crippen LogP contribution < -0.4 is 5.32 Å². The third kappa shape index (κ3) is 4.54. The molecule has 3 amide bonds. The van der Waals surface area contributed by atoms with Gasteiger partial charge >= 0.3 is 0 Å². The van der Waals surface area contributed by atoms with Crippen LogP contribution in [0.4, 0.5) is 5.69 Å². The first-order valence-corrected chi connectivity index (χ1v) is 10.3. The third-order valence-electron chi connectivity index (χ3n) is 5.39. The molecule has 0 radical (unpaired) electrons. The summed E-state index contributed by atoms with van der Waals surface area (Å²) in [6.45, 7) is 1.96. The van der Waals surface area contributed by atoms with Gasteiger partial charge in [-0.1, -0.05) is 23.7 Å². The molecule has 7 heteroatoms. The fourth-order valence-electron chi connectivity index (χ4n) is 3.71. The van der Waals surface area contributed by atoms with E-state index in [1.807, 2.05) is 18.2 Å². The lowest BCUT2D eigenvalue weighted by molar-refractivity contribution is -0.127. The number of rotatable bonds is 3. The SMILES string of the molecule is O=C1CCc2cc(C(=O)N3CCN(C(=O)/C=C/c4cccc(Cl)c4)CC3)ccc2N1. The van der Waals surface area contributed by atoms with Gasteiger partial charge in [-0.25, -0.2) is 0 Å². The highest BCUT2D eigenvalue weighted by atomic mass is 35.5. The Morgan fingerprint density at radius 1 is 0.967 bits per heavy atom. The Labute approximate surface area is 180 Å². The van der Waals surface area contributed by atoms with Gasteiger partial charge < -0.3 is 15.1 Å². The van der Waals surface area contributed by atoms with Crippen molar-refractivity contribution >= 4 is 41.1 Å². The number of benzene rings is 2. The monoisotopic (exact) mass is 423 g/mol. The number of fused-ring (bicyclic) bond motifs is 1. The molecule has 2 aliphatic heterocycles. The predicted octanol–water partition coefficient (Wildman–Crippen LogP) is 3.22. The van der Waals surface area contributed by atoms with Gasteiger partial charge in [0.15, 0.2) is 0 Å². The third-order valence-corrected chi connectivity index (χ3v) is 5.63. The zero-order valence-corrected chi connectivity index (χ0v) is 17.2. The zero-order chi connectivity index (χ0) is 21.1. The van der Waals surface area contributed by atoms with E-state index in [0.717, 1.165) is 16.8 Å². The molecule has 2 aliphatic rings. The highest BCUT2D eigenvalue weighted by Crippen LogP contribution is 2.24. The van der Waals surface area contributed by atoms with Crippen LogP contribution in [0.3, 0.4) is 0 Å². The highest BCUT2D eigenvalue weighted by molar-refractivity contribution is 6.30. The summed E-state index contributed by atoms with van der Waals surface area (Å²) in [5.41, 5.74) is 3.25. The lowest BCUT2D eigenvalue weighted by atomic mass is 10.00. The summed E-state index contributed by atoms with van der Waals surface area (Å²) in [5, 5.41) is 3.46. The van der Waals surface area contributed by atoms with E-state index in [-0.39, 0.29) is 17.7 Å². The molecule has 2 heterocycles. The number of aryl methyl sites for hydroxylation is 1. The van der Waals surface area contributed by atoms with Crippen LogP contribution in [-0.2, 0) is 16.0 Å². The van der Waals surface area contributed by atoms with E-state index in [2.05, 4.69) is 5.32 Å². The molecule has 6 nitrogen and oxygen atoms in total. The Hall–Kier alpha value is -3.12. The van der Waals surface area contributed by atoms with E-state index >= 15 is 0 Å². The van der Waals surface area contributed by atoms with Crippen molar-refractivity contribution in [1.29, 1.82) is 0 Å². The molecule has 0 saturated carbocycles. The molecule has 4 rings (SSSR count). The zero-order valence-electron chi connectivity index (χ0n) is 16.4. The van der Waals surface area contributed by atoms with Gasteiger partial charge in [-0.2, -0.15) is 0 Å². The minimum absolute atomic E-state index is 0.00628. The van der Waals surface area contributed by atoms with E-state index in [9.17, 15) is 14.4 Å². The molecule has 1 fully saturated rings. The average Bonchev–Trinajstić information content (AvgIpc) is 2.77. The van der Waals surface area contributed by atoms with E-state index in [0.29, 0.717) is 49.6 Å². The number of carbonyl (C=O) groups excluding carboxylic acids is 3. The van der Waals surface area contributed by atoms with Crippen LogP contribution in [0.2, 0.25) is 5.02 Å². The topological polar surface area (TPSA) is 69.7 Å². The number of halogens is 1. The van der Waals surface area contributed by atoms with Crippen molar-refractivity contribution in [3.8, 4) is 0 Å². The Morgan fingerprint density at radius 2 is 1.73 bits per heavy atom. The number of hydrogen-bond donors (Lipinski definition) is 1. The van der Waals surface area contributed by atoms with Gasteiger partial charge in [0.05, 0.1) is 0 Å². The average molecular weight is 424 g/mol. The summed E-state index contributed by atoms with van der Waals surface area (Å²) in [6.07, 6.45) is 4.37. The van der Waals surface area contributed by atoms with E-state index in [1.165, 1.54) is 0 Å². The lowest BCUT2D eigenvalue weighted by Crippen LogP contribution is -2.50. The highest BCUT2D eigenvalue weighted by Gasteiger charge is 2.25. The smallest absolute Gasteiger partial charge is 0.253 e. The quantitative estimate of drug-likeness (QED) is 0.770. The maximum absolute atomic E-state index is 12.9. The lowest BCUT2D eigenvalue weighted by Gasteiger charge is -2.34. The van der Waals surface area contributed by atoms with Crippen molar-refractivity contribution < 1.29 is 14.4 Å². The number of nitrogens with zero attached hydrogens (tertiary/aromatic N) is 2. The number of piperazine rings is 1. The Morgan fingerprint density at radius 3 is 2.50 bits per heavy atom. The van der Waals surface area contributed by atoms with Crippen LogP contribution in [-0.4, -0.2) is 53.7 Å². The van der Waals surface area contributed by atoms with Crippen molar-refractivity contribution in [3.05, 3.63) is 70.3 Å². The molecule has 0 bridgehead atoms. The van der Waals surface area contributed by atoms with Crippen molar-refractivity contribution in [2.24, 2.45) is 0 Å². The van der Waals surface area contributed by atoms with Crippen LogP contribution in [0, 0.1) is 0 Å². The molecule has 0 spiro atoms. The van der Waals surface area contributed by atoms with Crippen LogP contribution >= 0.6 is 11.6 Å².